The van der Waals surface area contributed by atoms with E-state index in [0.717, 1.165) is 36.3 Å². The molecule has 0 fully saturated rings. The van der Waals surface area contributed by atoms with Gasteiger partial charge in [-0.3, -0.25) is 4.79 Å². The maximum Gasteiger partial charge on any atom is 0.231 e. The molecular formula is C19H20O3. The number of hydrogen-bond acceptors (Lipinski definition) is 3. The maximum absolute atomic E-state index is 11.4. The first-order chi connectivity index (χ1) is 10.6. The van der Waals surface area contributed by atoms with Crippen LogP contribution >= 0.6 is 0 Å². The number of fused-ring (bicyclic) bond motifs is 2. The Morgan fingerprint density at radius 3 is 2.45 bits per heavy atom. The Hall–Kier alpha value is -2.29. The highest BCUT2D eigenvalue weighted by Gasteiger charge is 2.16. The topological polar surface area (TPSA) is 35.5 Å². The molecule has 2 aromatic rings. The second-order valence-electron chi connectivity index (χ2n) is 5.79. The summed E-state index contributed by atoms with van der Waals surface area (Å²) in [6, 6.07) is 12.0. The Kier molecular flexibility index (Phi) is 4.14. The first kappa shape index (κ1) is 14.6. The predicted molar refractivity (Wildman–Crippen MR) is 85.7 cm³/mol. The maximum atomic E-state index is 11.4. The third-order valence-corrected chi connectivity index (χ3v) is 3.94. The summed E-state index contributed by atoms with van der Waals surface area (Å²) in [7, 11) is 0. The molecule has 2 aromatic carbocycles. The molecule has 3 heteroatoms. The van der Waals surface area contributed by atoms with Crippen molar-refractivity contribution >= 4 is 5.78 Å². The van der Waals surface area contributed by atoms with Gasteiger partial charge in [0.15, 0.2) is 17.3 Å². The molecule has 4 rings (SSSR count). The molecule has 0 saturated carbocycles. The average Bonchev–Trinajstić information content (AvgIpc) is 2.95. The second kappa shape index (κ2) is 6.22. The van der Waals surface area contributed by atoms with Crippen molar-refractivity contribution in [1.29, 1.82) is 0 Å². The molecule has 0 aromatic heterocycles. The zero-order valence-corrected chi connectivity index (χ0v) is 13.0. The Morgan fingerprint density at radius 2 is 1.59 bits per heavy atom. The lowest BCUT2D eigenvalue weighted by Crippen LogP contribution is -2.10. The van der Waals surface area contributed by atoms with Crippen LogP contribution in [0.2, 0.25) is 0 Å². The van der Waals surface area contributed by atoms with Gasteiger partial charge < -0.3 is 9.47 Å². The van der Waals surface area contributed by atoms with Gasteiger partial charge in [-0.1, -0.05) is 29.8 Å². The molecule has 3 nitrogen and oxygen atoms in total. The molecule has 0 spiro atoms. The van der Waals surface area contributed by atoms with Crippen molar-refractivity contribution in [3.63, 3.8) is 0 Å². The monoisotopic (exact) mass is 296 g/mol. The van der Waals surface area contributed by atoms with Crippen LogP contribution in [0.4, 0.5) is 0 Å². The summed E-state index contributed by atoms with van der Waals surface area (Å²) in [6.07, 6.45) is 2.83. The molecule has 114 valence electrons. The van der Waals surface area contributed by atoms with Crippen LogP contribution in [-0.4, -0.2) is 12.6 Å². The molecule has 0 bridgehead atoms. The minimum Gasteiger partial charge on any atom is -0.454 e. The molecule has 0 unspecified atom stereocenters. The lowest BCUT2D eigenvalue weighted by atomic mass is 9.90. The molecular weight excluding hydrogens is 276 g/mol. The predicted octanol–water partition coefficient (Wildman–Crippen LogP) is 4.24. The number of carbonyl (C=O) groups excluding carboxylic acids is 1. The number of ketones is 1. The fourth-order valence-corrected chi connectivity index (χ4v) is 2.78. The Bertz CT molecular complexity index is 704. The first-order valence-electron chi connectivity index (χ1n) is 7.62. The number of hydrogen-bond donors (Lipinski definition) is 0. The summed E-state index contributed by atoms with van der Waals surface area (Å²) in [5, 5.41) is 0. The lowest BCUT2D eigenvalue weighted by molar-refractivity contribution is 0.0972. The van der Waals surface area contributed by atoms with Crippen molar-refractivity contribution in [2.24, 2.45) is 0 Å². The number of carbonyl (C=O) groups is 1. The summed E-state index contributed by atoms with van der Waals surface area (Å²) in [4.78, 5) is 11.4. The van der Waals surface area contributed by atoms with Crippen molar-refractivity contribution < 1.29 is 14.3 Å². The van der Waals surface area contributed by atoms with Crippen LogP contribution in [-0.2, 0) is 6.42 Å². The van der Waals surface area contributed by atoms with E-state index in [0.29, 0.717) is 12.6 Å². The van der Waals surface area contributed by atoms with Crippen LogP contribution in [0, 0.1) is 13.8 Å². The molecule has 22 heavy (non-hydrogen) atoms. The number of ether oxygens (including phenoxy) is 2. The van der Waals surface area contributed by atoms with Crippen molar-refractivity contribution in [2.75, 3.05) is 6.79 Å². The highest BCUT2D eigenvalue weighted by atomic mass is 16.7. The van der Waals surface area contributed by atoms with Gasteiger partial charge in [0.2, 0.25) is 6.79 Å². The van der Waals surface area contributed by atoms with E-state index in [1.54, 1.807) is 0 Å². The normalized spacial score (nSPS) is 14.9. The average molecular weight is 296 g/mol. The second-order valence-corrected chi connectivity index (χ2v) is 5.79. The van der Waals surface area contributed by atoms with E-state index in [2.05, 4.69) is 13.0 Å². The third-order valence-electron chi connectivity index (χ3n) is 3.94. The van der Waals surface area contributed by atoms with Gasteiger partial charge in [-0.2, -0.15) is 0 Å². The van der Waals surface area contributed by atoms with Crippen LogP contribution in [0.3, 0.4) is 0 Å². The summed E-state index contributed by atoms with van der Waals surface area (Å²) in [6.45, 7) is 4.46. The van der Waals surface area contributed by atoms with Gasteiger partial charge in [-0.25, -0.2) is 0 Å². The molecule has 0 radical (unpaired) electrons. The quantitative estimate of drug-likeness (QED) is 0.729. The van der Waals surface area contributed by atoms with Crippen LogP contribution in [0.5, 0.6) is 11.5 Å². The highest BCUT2D eigenvalue weighted by molar-refractivity contribution is 5.98. The molecule has 1 aliphatic carbocycles. The first-order valence-corrected chi connectivity index (χ1v) is 7.62. The van der Waals surface area contributed by atoms with Crippen LogP contribution in [0.1, 0.15) is 39.9 Å². The highest BCUT2D eigenvalue weighted by Crippen LogP contribution is 2.31. The number of Topliss-reactive ketones (excluding diaryl/α,β-unsaturated/α-hetero) is 1. The Balaban J connectivity index is 0.000000133. The van der Waals surface area contributed by atoms with E-state index >= 15 is 0 Å². The van der Waals surface area contributed by atoms with Crippen LogP contribution < -0.4 is 9.47 Å². The van der Waals surface area contributed by atoms with Gasteiger partial charge in [0, 0.05) is 12.0 Å². The van der Waals surface area contributed by atoms with E-state index in [1.165, 1.54) is 16.7 Å². The van der Waals surface area contributed by atoms with E-state index in [4.69, 9.17) is 9.47 Å². The minimum atomic E-state index is 0.316. The van der Waals surface area contributed by atoms with Crippen molar-refractivity contribution in [3.8, 4) is 11.5 Å². The SMILES string of the molecule is Cc1ccc2c(c1)CCCC2=O.Cc1ccc2c(c1)OCO2. The zero-order chi connectivity index (χ0) is 15.5. The van der Waals surface area contributed by atoms with E-state index < -0.39 is 0 Å². The zero-order valence-electron chi connectivity index (χ0n) is 13.0. The Labute approximate surface area is 130 Å². The molecule has 1 heterocycles. The van der Waals surface area contributed by atoms with Crippen LogP contribution in [0.25, 0.3) is 0 Å². The van der Waals surface area contributed by atoms with Crippen LogP contribution in [0.15, 0.2) is 36.4 Å². The minimum absolute atomic E-state index is 0.316. The third kappa shape index (κ3) is 3.14. The molecule has 0 saturated heterocycles. The number of aryl methyl sites for hydroxylation is 3. The molecule has 2 aliphatic rings. The van der Waals surface area contributed by atoms with Crippen molar-refractivity contribution in [1.82, 2.24) is 0 Å². The van der Waals surface area contributed by atoms with E-state index in [1.807, 2.05) is 37.3 Å². The fourth-order valence-electron chi connectivity index (χ4n) is 2.78. The lowest BCUT2D eigenvalue weighted by Gasteiger charge is -2.14. The summed E-state index contributed by atoms with van der Waals surface area (Å²) >= 11 is 0. The van der Waals surface area contributed by atoms with Gasteiger partial charge in [0.05, 0.1) is 0 Å². The number of rotatable bonds is 0. The van der Waals surface area contributed by atoms with Crippen molar-refractivity contribution in [3.05, 3.63) is 58.7 Å². The van der Waals surface area contributed by atoms with Gasteiger partial charge in [-0.05, 0) is 49.9 Å². The van der Waals surface area contributed by atoms with Gasteiger partial charge in [-0.15, -0.1) is 0 Å². The molecule has 1 aliphatic heterocycles. The smallest absolute Gasteiger partial charge is 0.231 e. The summed E-state index contributed by atoms with van der Waals surface area (Å²) < 4.78 is 10.3. The van der Waals surface area contributed by atoms with Gasteiger partial charge in [0.25, 0.3) is 0 Å². The standard InChI is InChI=1S/C11H12O.C8H8O2/c1-8-5-6-10-9(7-8)3-2-4-11(10)12;1-6-2-3-7-8(4-6)10-5-9-7/h5-7H,2-4H2,1H3;2-4H,5H2,1H3. The van der Waals surface area contributed by atoms with E-state index in [9.17, 15) is 4.79 Å². The largest absolute Gasteiger partial charge is 0.454 e. The molecule has 0 N–H and O–H groups in total. The Morgan fingerprint density at radius 1 is 0.864 bits per heavy atom. The fraction of sp³-hybridized carbons (Fsp3) is 0.316. The van der Waals surface area contributed by atoms with Gasteiger partial charge in [0.1, 0.15) is 0 Å². The summed E-state index contributed by atoms with van der Waals surface area (Å²) in [5.41, 5.74) is 4.64. The number of benzene rings is 2. The molecule has 0 atom stereocenters. The van der Waals surface area contributed by atoms with Gasteiger partial charge >= 0.3 is 0 Å². The van der Waals surface area contributed by atoms with E-state index in [-0.39, 0.29) is 0 Å². The van der Waals surface area contributed by atoms with Crippen molar-refractivity contribution in [2.45, 2.75) is 33.1 Å². The summed E-state index contributed by atoms with van der Waals surface area (Å²) in [5.74, 6) is 2.03. The molecule has 0 amide bonds.